The monoisotopic (exact) mass is 235 g/mol. The van der Waals surface area contributed by atoms with Crippen LogP contribution in [0.15, 0.2) is 10.7 Å². The average Bonchev–Trinajstić information content (AvgIpc) is 3.00. The molecule has 0 amide bonds. The van der Waals surface area contributed by atoms with Crippen LogP contribution in [0.5, 0.6) is 0 Å². The summed E-state index contributed by atoms with van der Waals surface area (Å²) in [5.74, 6) is 1.47. The predicted molar refractivity (Wildman–Crippen MR) is 66.1 cm³/mol. The lowest BCUT2D eigenvalue weighted by molar-refractivity contribution is 0.367. The Morgan fingerprint density at radius 3 is 3.06 bits per heavy atom. The van der Waals surface area contributed by atoms with Gasteiger partial charge in [-0.2, -0.15) is 0 Å². The number of piperidine rings is 1. The minimum absolute atomic E-state index is 0.562. The van der Waals surface area contributed by atoms with Crippen LogP contribution in [-0.2, 0) is 6.42 Å². The van der Waals surface area contributed by atoms with Gasteiger partial charge in [0.1, 0.15) is 6.26 Å². The zero-order valence-corrected chi connectivity index (χ0v) is 10.2. The molecule has 2 aliphatic rings. The summed E-state index contributed by atoms with van der Waals surface area (Å²) in [7, 11) is 0. The molecule has 0 bridgehead atoms. The fourth-order valence-electron chi connectivity index (χ4n) is 2.82. The molecule has 0 radical (unpaired) electrons. The molecule has 2 aliphatic heterocycles. The number of aromatic nitrogens is 1. The van der Waals surface area contributed by atoms with Gasteiger partial charge in [-0.25, -0.2) is 4.98 Å². The molecular formula is C13H21N3O. The summed E-state index contributed by atoms with van der Waals surface area (Å²) in [5.41, 5.74) is 1.14. The number of hydrogen-bond acceptors (Lipinski definition) is 4. The fraction of sp³-hybridized carbons (Fsp3) is 0.769. The second-order valence-electron chi connectivity index (χ2n) is 5.21. The van der Waals surface area contributed by atoms with E-state index in [1.807, 2.05) is 6.26 Å². The van der Waals surface area contributed by atoms with Gasteiger partial charge in [-0.15, -0.1) is 0 Å². The van der Waals surface area contributed by atoms with Crippen LogP contribution < -0.4 is 10.6 Å². The van der Waals surface area contributed by atoms with Crippen molar-refractivity contribution in [3.05, 3.63) is 17.8 Å². The topological polar surface area (TPSA) is 50.1 Å². The first-order valence-electron chi connectivity index (χ1n) is 6.80. The lowest BCUT2D eigenvalue weighted by Gasteiger charge is -2.21. The molecule has 4 nitrogen and oxygen atoms in total. The van der Waals surface area contributed by atoms with Gasteiger partial charge in [0.25, 0.3) is 0 Å². The van der Waals surface area contributed by atoms with Crippen molar-refractivity contribution in [3.63, 3.8) is 0 Å². The Hall–Kier alpha value is -0.870. The summed E-state index contributed by atoms with van der Waals surface area (Å²) in [4.78, 5) is 4.64. The van der Waals surface area contributed by atoms with Crippen molar-refractivity contribution in [2.75, 3.05) is 19.6 Å². The Labute approximate surface area is 102 Å². The minimum Gasteiger partial charge on any atom is -0.449 e. The lowest BCUT2D eigenvalue weighted by atomic mass is 10.0. The molecule has 2 atom stereocenters. The molecule has 2 fully saturated rings. The van der Waals surface area contributed by atoms with E-state index in [0.717, 1.165) is 37.6 Å². The van der Waals surface area contributed by atoms with E-state index in [-0.39, 0.29) is 0 Å². The summed E-state index contributed by atoms with van der Waals surface area (Å²) in [6, 6.07) is 0.567. The van der Waals surface area contributed by atoms with Crippen molar-refractivity contribution in [1.29, 1.82) is 0 Å². The average molecular weight is 235 g/mol. The Morgan fingerprint density at radius 1 is 1.29 bits per heavy atom. The normalized spacial score (nSPS) is 29.6. The van der Waals surface area contributed by atoms with E-state index in [1.54, 1.807) is 0 Å². The van der Waals surface area contributed by atoms with Gasteiger partial charge in [-0.05, 0) is 32.4 Å². The van der Waals surface area contributed by atoms with Gasteiger partial charge in [0.15, 0.2) is 5.89 Å². The highest BCUT2D eigenvalue weighted by Crippen LogP contribution is 2.22. The van der Waals surface area contributed by atoms with Crippen LogP contribution in [0.4, 0.5) is 0 Å². The van der Waals surface area contributed by atoms with Gasteiger partial charge in [-0.3, -0.25) is 0 Å². The van der Waals surface area contributed by atoms with Gasteiger partial charge in [0, 0.05) is 24.9 Å². The smallest absolute Gasteiger partial charge is 0.195 e. The molecule has 17 heavy (non-hydrogen) atoms. The predicted octanol–water partition coefficient (Wildman–Crippen LogP) is 1.44. The molecule has 94 valence electrons. The van der Waals surface area contributed by atoms with Crippen molar-refractivity contribution in [3.8, 4) is 0 Å². The van der Waals surface area contributed by atoms with E-state index in [9.17, 15) is 0 Å². The molecule has 0 saturated carbocycles. The molecule has 2 saturated heterocycles. The largest absolute Gasteiger partial charge is 0.449 e. The van der Waals surface area contributed by atoms with Crippen LogP contribution in [0.1, 0.15) is 43.2 Å². The number of hydrogen-bond donors (Lipinski definition) is 2. The molecule has 0 aromatic carbocycles. The Kier molecular flexibility index (Phi) is 3.43. The zero-order chi connectivity index (χ0) is 11.5. The number of rotatable bonds is 3. The maximum Gasteiger partial charge on any atom is 0.195 e. The van der Waals surface area contributed by atoms with Crippen molar-refractivity contribution in [1.82, 2.24) is 15.6 Å². The Morgan fingerprint density at radius 2 is 2.29 bits per heavy atom. The van der Waals surface area contributed by atoms with Gasteiger partial charge in [0.2, 0.25) is 0 Å². The van der Waals surface area contributed by atoms with Crippen LogP contribution in [-0.4, -0.2) is 30.7 Å². The van der Waals surface area contributed by atoms with Gasteiger partial charge in [-0.1, -0.05) is 6.42 Å². The fourth-order valence-corrected chi connectivity index (χ4v) is 2.82. The first kappa shape index (κ1) is 11.2. The summed E-state index contributed by atoms with van der Waals surface area (Å²) in [5, 5.41) is 6.90. The first-order chi connectivity index (χ1) is 8.42. The van der Waals surface area contributed by atoms with Crippen LogP contribution >= 0.6 is 0 Å². The third-order valence-corrected chi connectivity index (χ3v) is 3.88. The second kappa shape index (κ2) is 5.19. The second-order valence-corrected chi connectivity index (χ2v) is 5.21. The molecule has 1 aromatic heterocycles. The van der Waals surface area contributed by atoms with Crippen LogP contribution in [0.3, 0.4) is 0 Å². The van der Waals surface area contributed by atoms with E-state index in [4.69, 9.17) is 4.42 Å². The van der Waals surface area contributed by atoms with Crippen LogP contribution in [0.2, 0.25) is 0 Å². The van der Waals surface area contributed by atoms with Gasteiger partial charge in [0.05, 0.1) is 5.69 Å². The number of nitrogens with zero attached hydrogens (tertiary/aromatic N) is 1. The van der Waals surface area contributed by atoms with E-state index in [2.05, 4.69) is 15.6 Å². The maximum absolute atomic E-state index is 5.60. The van der Waals surface area contributed by atoms with Crippen molar-refractivity contribution in [2.45, 2.75) is 44.1 Å². The molecule has 1 aromatic rings. The summed E-state index contributed by atoms with van der Waals surface area (Å²) >= 11 is 0. The highest BCUT2D eigenvalue weighted by molar-refractivity contribution is 5.08. The van der Waals surface area contributed by atoms with Crippen LogP contribution in [0.25, 0.3) is 0 Å². The number of oxazole rings is 1. The minimum atomic E-state index is 0.562. The van der Waals surface area contributed by atoms with E-state index >= 15 is 0 Å². The molecule has 0 aliphatic carbocycles. The molecule has 3 heterocycles. The molecule has 2 unspecified atom stereocenters. The van der Waals surface area contributed by atoms with E-state index in [1.165, 1.54) is 25.7 Å². The summed E-state index contributed by atoms with van der Waals surface area (Å²) in [6.07, 6.45) is 7.88. The van der Waals surface area contributed by atoms with Crippen molar-refractivity contribution < 1.29 is 4.42 Å². The first-order valence-corrected chi connectivity index (χ1v) is 6.80. The third-order valence-electron chi connectivity index (χ3n) is 3.88. The van der Waals surface area contributed by atoms with Crippen LogP contribution in [0, 0.1) is 0 Å². The lowest BCUT2D eigenvalue weighted by Crippen LogP contribution is -2.35. The molecular weight excluding hydrogens is 214 g/mol. The standard InChI is InChI=1S/C13H21N3O/c1-2-5-15-11(3-1)7-13-16-12(9-17-13)10-4-6-14-8-10/h9-11,14-15H,1-8H2. The third kappa shape index (κ3) is 2.69. The Bertz CT molecular complexity index is 351. The summed E-state index contributed by atoms with van der Waals surface area (Å²) in [6.45, 7) is 3.30. The SMILES string of the molecule is c1oc(CC2CCCCN2)nc1C1CCNC1. The highest BCUT2D eigenvalue weighted by atomic mass is 16.3. The highest BCUT2D eigenvalue weighted by Gasteiger charge is 2.21. The number of nitrogens with one attached hydrogen (secondary N) is 2. The van der Waals surface area contributed by atoms with Crippen molar-refractivity contribution in [2.24, 2.45) is 0 Å². The van der Waals surface area contributed by atoms with Gasteiger partial charge >= 0.3 is 0 Å². The Balaban J connectivity index is 1.59. The van der Waals surface area contributed by atoms with Gasteiger partial charge < -0.3 is 15.1 Å². The molecule has 4 heteroatoms. The van der Waals surface area contributed by atoms with E-state index < -0.39 is 0 Å². The van der Waals surface area contributed by atoms with E-state index in [0.29, 0.717) is 12.0 Å². The maximum atomic E-state index is 5.60. The zero-order valence-electron chi connectivity index (χ0n) is 10.2. The molecule has 3 rings (SSSR count). The quantitative estimate of drug-likeness (QED) is 0.832. The molecule has 0 spiro atoms. The summed E-state index contributed by atoms with van der Waals surface area (Å²) < 4.78 is 5.60. The van der Waals surface area contributed by atoms with Crippen molar-refractivity contribution >= 4 is 0 Å². The molecule has 2 N–H and O–H groups in total.